The molecule has 0 saturated carbocycles. The summed E-state index contributed by atoms with van der Waals surface area (Å²) in [4.78, 5) is 24.9. The molecule has 0 radical (unpaired) electrons. The minimum Gasteiger partial charge on any atom is -0.351 e. The molecule has 0 aromatic carbocycles. The van der Waals surface area contributed by atoms with Gasteiger partial charge in [0.25, 0.3) is 0 Å². The second-order valence-corrected chi connectivity index (χ2v) is 2.27. The van der Waals surface area contributed by atoms with Gasteiger partial charge in [0, 0.05) is 0 Å². The van der Waals surface area contributed by atoms with Crippen molar-refractivity contribution in [3.63, 3.8) is 0 Å². The Morgan fingerprint density at radius 2 is 2.42 bits per heavy atom. The normalized spacial score (nSPS) is 22.6. The third-order valence-corrected chi connectivity index (χ3v) is 1.27. The summed E-state index contributed by atoms with van der Waals surface area (Å²) in [5.41, 5.74) is 10.1. The fourth-order valence-electron chi connectivity index (χ4n) is 0.709. The van der Waals surface area contributed by atoms with Gasteiger partial charge in [-0.15, -0.1) is 0 Å². The van der Waals surface area contributed by atoms with Crippen molar-refractivity contribution < 1.29 is 9.59 Å². The molecule has 0 aromatic rings. The van der Waals surface area contributed by atoms with Gasteiger partial charge in [-0.3, -0.25) is 20.4 Å². The fraction of sp³-hybridized carbons (Fsp3) is 0.400. The molecule has 0 saturated heterocycles. The Balaban J connectivity index is 2.58. The van der Waals surface area contributed by atoms with Gasteiger partial charge in [-0.05, 0) is 0 Å². The lowest BCUT2D eigenvalue weighted by Crippen LogP contribution is -2.55. The van der Waals surface area contributed by atoms with E-state index < -0.39 is 12.1 Å². The van der Waals surface area contributed by atoms with E-state index in [2.05, 4.69) is 15.6 Å². The lowest BCUT2D eigenvalue weighted by molar-refractivity contribution is -0.121. The monoisotopic (exact) mass is 171 g/mol. The molecule has 0 bridgehead atoms. The lowest BCUT2D eigenvalue weighted by Gasteiger charge is -2.17. The number of rotatable bonds is 0. The average Bonchev–Trinajstić information content (AvgIpc) is 1.96. The first-order valence-electron chi connectivity index (χ1n) is 3.27. The minimum atomic E-state index is -0.774. The maximum atomic E-state index is 10.9. The van der Waals surface area contributed by atoms with E-state index in [1.807, 2.05) is 0 Å². The van der Waals surface area contributed by atoms with Crippen molar-refractivity contribution in [2.45, 2.75) is 6.04 Å². The summed E-state index contributed by atoms with van der Waals surface area (Å²) in [6.07, 6.45) is 0. The summed E-state index contributed by atoms with van der Waals surface area (Å²) in [5, 5.41) is 4.41. The SMILES string of the molecule is NC(=O)NC1=NCC(N)C(=O)N1. The number of amides is 3. The first-order chi connectivity index (χ1) is 5.59. The fourth-order valence-corrected chi connectivity index (χ4v) is 0.709. The number of nitrogens with zero attached hydrogens (tertiary/aromatic N) is 1. The molecule has 1 aliphatic rings. The summed E-state index contributed by atoms with van der Waals surface area (Å²) in [6, 6.07) is -1.42. The maximum absolute atomic E-state index is 10.9. The molecule has 6 N–H and O–H groups in total. The van der Waals surface area contributed by atoms with E-state index >= 15 is 0 Å². The quantitative estimate of drug-likeness (QED) is 0.321. The largest absolute Gasteiger partial charge is 0.351 e. The van der Waals surface area contributed by atoms with E-state index in [1.165, 1.54) is 0 Å². The van der Waals surface area contributed by atoms with Crippen LogP contribution in [0.3, 0.4) is 0 Å². The zero-order valence-corrected chi connectivity index (χ0v) is 6.20. The highest BCUT2D eigenvalue weighted by Gasteiger charge is 2.20. The molecule has 1 atom stereocenters. The molecule has 0 aliphatic carbocycles. The number of primary amides is 1. The van der Waals surface area contributed by atoms with Gasteiger partial charge in [0.1, 0.15) is 6.04 Å². The number of nitrogens with two attached hydrogens (primary N) is 2. The van der Waals surface area contributed by atoms with Crippen LogP contribution in [-0.2, 0) is 4.79 Å². The Morgan fingerprint density at radius 3 is 2.92 bits per heavy atom. The number of nitrogens with one attached hydrogen (secondary N) is 2. The first kappa shape index (κ1) is 8.47. The van der Waals surface area contributed by atoms with E-state index in [4.69, 9.17) is 11.5 Å². The second kappa shape index (κ2) is 3.18. The number of aliphatic imine (C=N–C) groups is 1. The van der Waals surface area contributed by atoms with Crippen molar-refractivity contribution in [2.24, 2.45) is 16.5 Å². The number of guanidine groups is 1. The predicted octanol–water partition coefficient (Wildman–Crippen LogP) is -2.53. The highest BCUT2D eigenvalue weighted by atomic mass is 16.2. The Morgan fingerprint density at radius 1 is 1.75 bits per heavy atom. The van der Waals surface area contributed by atoms with Crippen molar-refractivity contribution in [1.82, 2.24) is 10.6 Å². The third-order valence-electron chi connectivity index (χ3n) is 1.27. The Bertz CT molecular complexity index is 248. The van der Waals surface area contributed by atoms with Crippen LogP contribution >= 0.6 is 0 Å². The van der Waals surface area contributed by atoms with E-state index in [0.717, 1.165) is 0 Å². The minimum absolute atomic E-state index is 0.0502. The van der Waals surface area contributed by atoms with Gasteiger partial charge in [-0.25, -0.2) is 4.79 Å². The van der Waals surface area contributed by atoms with Gasteiger partial charge < -0.3 is 11.5 Å². The standard InChI is InChI=1S/C5H9N5O2/c6-2-1-8-5(9-3(2)11)10-4(7)12/h2H,1,6H2,(H4,7,8,9,10,11,12). The highest BCUT2D eigenvalue weighted by Crippen LogP contribution is 1.88. The summed E-state index contributed by atoms with van der Waals surface area (Å²) >= 11 is 0. The molecule has 7 heteroatoms. The Labute approximate surface area is 68.2 Å². The Kier molecular flexibility index (Phi) is 2.24. The molecule has 1 unspecified atom stereocenters. The zero-order chi connectivity index (χ0) is 9.14. The Hall–Kier alpha value is -1.63. The van der Waals surface area contributed by atoms with Crippen molar-refractivity contribution in [1.29, 1.82) is 0 Å². The molecular weight excluding hydrogens is 162 g/mol. The molecule has 66 valence electrons. The lowest BCUT2D eigenvalue weighted by atomic mass is 10.3. The van der Waals surface area contributed by atoms with Crippen molar-refractivity contribution in [3.05, 3.63) is 0 Å². The van der Waals surface area contributed by atoms with E-state index in [-0.39, 0.29) is 18.4 Å². The number of carbonyl (C=O) groups is 2. The van der Waals surface area contributed by atoms with E-state index in [0.29, 0.717) is 0 Å². The molecule has 1 rings (SSSR count). The summed E-state index contributed by atoms with van der Waals surface area (Å²) in [5.74, 6) is -0.331. The topological polar surface area (TPSA) is 123 Å². The van der Waals surface area contributed by atoms with Crippen molar-refractivity contribution in [2.75, 3.05) is 6.54 Å². The second-order valence-electron chi connectivity index (χ2n) is 2.27. The van der Waals surface area contributed by atoms with Gasteiger partial charge in [0.05, 0.1) is 6.54 Å². The number of hydrogen-bond acceptors (Lipinski definition) is 4. The number of urea groups is 1. The van der Waals surface area contributed by atoms with E-state index in [1.54, 1.807) is 0 Å². The number of carbonyl (C=O) groups excluding carboxylic acids is 2. The summed E-state index contributed by atoms with van der Waals surface area (Å²) < 4.78 is 0. The van der Waals surface area contributed by atoms with Crippen LogP contribution in [0.4, 0.5) is 4.79 Å². The molecule has 0 fully saturated rings. The van der Waals surface area contributed by atoms with Crippen molar-refractivity contribution in [3.8, 4) is 0 Å². The van der Waals surface area contributed by atoms with Gasteiger partial charge >= 0.3 is 6.03 Å². The average molecular weight is 171 g/mol. The molecule has 7 nitrogen and oxygen atoms in total. The van der Waals surface area contributed by atoms with Crippen LogP contribution < -0.4 is 22.1 Å². The van der Waals surface area contributed by atoms with Crippen molar-refractivity contribution >= 4 is 17.9 Å². The van der Waals surface area contributed by atoms with Crippen LogP contribution in [0, 0.1) is 0 Å². The first-order valence-corrected chi connectivity index (χ1v) is 3.27. The van der Waals surface area contributed by atoms with Gasteiger partial charge in [-0.1, -0.05) is 0 Å². The molecule has 0 spiro atoms. The molecular formula is C5H9N5O2. The zero-order valence-electron chi connectivity index (χ0n) is 6.20. The van der Waals surface area contributed by atoms with Crippen LogP contribution in [0.1, 0.15) is 0 Å². The summed E-state index contributed by atoms with van der Waals surface area (Å²) in [6.45, 7) is 0.154. The summed E-state index contributed by atoms with van der Waals surface area (Å²) in [7, 11) is 0. The van der Waals surface area contributed by atoms with Crippen LogP contribution in [0.5, 0.6) is 0 Å². The highest BCUT2D eigenvalue weighted by molar-refractivity contribution is 6.06. The van der Waals surface area contributed by atoms with Gasteiger partial charge in [0.2, 0.25) is 11.9 Å². The molecule has 12 heavy (non-hydrogen) atoms. The van der Waals surface area contributed by atoms with Gasteiger partial charge in [0.15, 0.2) is 0 Å². The molecule has 0 aromatic heterocycles. The molecule has 3 amide bonds. The maximum Gasteiger partial charge on any atom is 0.318 e. The van der Waals surface area contributed by atoms with Crippen LogP contribution in [-0.4, -0.2) is 30.5 Å². The van der Waals surface area contributed by atoms with Crippen LogP contribution in [0.2, 0.25) is 0 Å². The van der Waals surface area contributed by atoms with Gasteiger partial charge in [-0.2, -0.15) is 0 Å². The predicted molar refractivity (Wildman–Crippen MR) is 41.1 cm³/mol. The molecule has 1 aliphatic heterocycles. The molecule has 1 heterocycles. The number of hydrogen-bond donors (Lipinski definition) is 4. The van der Waals surface area contributed by atoms with E-state index in [9.17, 15) is 9.59 Å². The van der Waals surface area contributed by atoms with Crippen LogP contribution in [0.15, 0.2) is 4.99 Å². The smallest absolute Gasteiger partial charge is 0.318 e. The third kappa shape index (κ3) is 1.92. The van der Waals surface area contributed by atoms with Crippen LogP contribution in [0.25, 0.3) is 0 Å².